The molecule has 2 saturated heterocycles. The third kappa shape index (κ3) is 3.25. The van der Waals surface area contributed by atoms with Crippen molar-refractivity contribution in [3.8, 4) is 0 Å². The minimum absolute atomic E-state index is 0.715. The molecule has 2 aliphatic heterocycles. The summed E-state index contributed by atoms with van der Waals surface area (Å²) in [6.45, 7) is 10.9. The summed E-state index contributed by atoms with van der Waals surface area (Å²) in [6, 6.07) is 2.16. The molecule has 3 nitrogen and oxygen atoms in total. The van der Waals surface area contributed by atoms with Gasteiger partial charge in [-0.3, -0.25) is 0 Å². The minimum atomic E-state index is 0.715. The van der Waals surface area contributed by atoms with Crippen molar-refractivity contribution in [2.45, 2.75) is 51.7 Å². The minimum Gasteiger partial charge on any atom is -0.310 e. The Kier molecular flexibility index (Phi) is 4.68. The molecule has 0 radical (unpaired) electrons. The average molecular weight is 253 g/mol. The van der Waals surface area contributed by atoms with Crippen LogP contribution in [0.15, 0.2) is 0 Å². The smallest absolute Gasteiger partial charge is 0.0122 e. The molecule has 1 N–H and O–H groups in total. The molecule has 5 unspecified atom stereocenters. The lowest BCUT2D eigenvalue weighted by atomic mass is 9.86. The van der Waals surface area contributed by atoms with Crippen molar-refractivity contribution in [2.75, 3.05) is 33.7 Å². The van der Waals surface area contributed by atoms with Gasteiger partial charge in [0, 0.05) is 31.2 Å². The van der Waals surface area contributed by atoms with Crippen molar-refractivity contribution < 1.29 is 0 Å². The van der Waals surface area contributed by atoms with E-state index in [2.05, 4.69) is 50.0 Å². The second-order valence-electron chi connectivity index (χ2n) is 6.91. The van der Waals surface area contributed by atoms with E-state index in [1.165, 1.54) is 32.5 Å². The quantitative estimate of drug-likeness (QED) is 0.807. The summed E-state index contributed by atoms with van der Waals surface area (Å²) >= 11 is 0. The zero-order chi connectivity index (χ0) is 13.3. The van der Waals surface area contributed by atoms with Crippen LogP contribution in [0.3, 0.4) is 0 Å². The van der Waals surface area contributed by atoms with Crippen molar-refractivity contribution in [1.82, 2.24) is 15.1 Å². The number of piperidine rings is 2. The first-order valence-corrected chi connectivity index (χ1v) is 7.62. The largest absolute Gasteiger partial charge is 0.310 e. The highest BCUT2D eigenvalue weighted by Crippen LogP contribution is 2.24. The first kappa shape index (κ1) is 14.3. The lowest BCUT2D eigenvalue weighted by Gasteiger charge is -2.44. The van der Waals surface area contributed by atoms with Crippen molar-refractivity contribution in [2.24, 2.45) is 11.8 Å². The Morgan fingerprint density at radius 1 is 0.944 bits per heavy atom. The normalized spacial score (nSPS) is 44.2. The van der Waals surface area contributed by atoms with Crippen LogP contribution in [0, 0.1) is 11.8 Å². The second-order valence-corrected chi connectivity index (χ2v) is 6.91. The van der Waals surface area contributed by atoms with Gasteiger partial charge in [0.1, 0.15) is 0 Å². The maximum absolute atomic E-state index is 3.98. The summed E-state index contributed by atoms with van der Waals surface area (Å²) in [7, 11) is 4.50. The number of hydrogen-bond donors (Lipinski definition) is 1. The lowest BCUT2D eigenvalue weighted by molar-refractivity contribution is 0.0935. The first-order chi connectivity index (χ1) is 8.47. The van der Waals surface area contributed by atoms with Gasteiger partial charge in [-0.1, -0.05) is 13.8 Å². The van der Waals surface area contributed by atoms with Crippen LogP contribution in [0.4, 0.5) is 0 Å². The van der Waals surface area contributed by atoms with Crippen LogP contribution in [0.5, 0.6) is 0 Å². The van der Waals surface area contributed by atoms with Crippen LogP contribution < -0.4 is 5.32 Å². The average Bonchev–Trinajstić information content (AvgIpc) is 2.29. The molecule has 0 amide bonds. The second kappa shape index (κ2) is 5.89. The van der Waals surface area contributed by atoms with Crippen molar-refractivity contribution >= 4 is 0 Å². The molecular formula is C15H31N3. The van der Waals surface area contributed by atoms with Gasteiger partial charge in [0.25, 0.3) is 0 Å². The van der Waals surface area contributed by atoms with Crippen LogP contribution >= 0.6 is 0 Å². The zero-order valence-corrected chi connectivity index (χ0v) is 12.8. The molecule has 0 aromatic rings. The Hall–Kier alpha value is -0.120. The maximum Gasteiger partial charge on any atom is 0.0122 e. The molecular weight excluding hydrogens is 222 g/mol. The maximum atomic E-state index is 3.98. The van der Waals surface area contributed by atoms with Gasteiger partial charge in [0.05, 0.1) is 0 Å². The fourth-order valence-corrected chi connectivity index (χ4v) is 3.65. The van der Waals surface area contributed by atoms with Gasteiger partial charge in [0.15, 0.2) is 0 Å². The topological polar surface area (TPSA) is 18.5 Å². The summed E-state index contributed by atoms with van der Waals surface area (Å²) in [5.74, 6) is 1.56. The number of hydrogen-bond acceptors (Lipinski definition) is 3. The lowest BCUT2D eigenvalue weighted by Crippen LogP contribution is -2.56. The predicted octanol–water partition coefficient (Wildman–Crippen LogP) is 1.64. The highest BCUT2D eigenvalue weighted by molar-refractivity contribution is 4.91. The Morgan fingerprint density at radius 3 is 2.28 bits per heavy atom. The molecule has 0 aromatic carbocycles. The Morgan fingerprint density at radius 2 is 1.61 bits per heavy atom. The molecule has 2 rings (SSSR count). The molecule has 2 heterocycles. The van der Waals surface area contributed by atoms with E-state index >= 15 is 0 Å². The number of rotatable bonds is 2. The zero-order valence-electron chi connectivity index (χ0n) is 12.8. The summed E-state index contributed by atoms with van der Waals surface area (Å²) in [6.07, 6.45) is 2.61. The predicted molar refractivity (Wildman–Crippen MR) is 77.9 cm³/mol. The fourth-order valence-electron chi connectivity index (χ4n) is 3.65. The van der Waals surface area contributed by atoms with Crippen LogP contribution in [-0.4, -0.2) is 61.7 Å². The van der Waals surface area contributed by atoms with Gasteiger partial charge >= 0.3 is 0 Å². The van der Waals surface area contributed by atoms with Gasteiger partial charge < -0.3 is 15.1 Å². The van der Waals surface area contributed by atoms with E-state index in [1.807, 2.05) is 0 Å². The molecule has 0 spiro atoms. The van der Waals surface area contributed by atoms with Gasteiger partial charge in [-0.2, -0.15) is 0 Å². The van der Waals surface area contributed by atoms with E-state index in [-0.39, 0.29) is 0 Å². The first-order valence-electron chi connectivity index (χ1n) is 7.62. The Bertz CT molecular complexity index is 268. The van der Waals surface area contributed by atoms with E-state index < -0.39 is 0 Å². The molecule has 0 saturated carbocycles. The highest BCUT2D eigenvalue weighted by atomic mass is 15.2. The Balaban J connectivity index is 1.88. The molecule has 5 atom stereocenters. The van der Waals surface area contributed by atoms with Crippen LogP contribution in [-0.2, 0) is 0 Å². The summed E-state index contributed by atoms with van der Waals surface area (Å²) in [5, 5.41) is 3.98. The van der Waals surface area contributed by atoms with Gasteiger partial charge in [-0.05, 0) is 52.2 Å². The van der Waals surface area contributed by atoms with Crippen LogP contribution in [0.25, 0.3) is 0 Å². The van der Waals surface area contributed by atoms with Crippen LogP contribution in [0.2, 0.25) is 0 Å². The SMILES string of the molecule is CC1CN(C)CCC1NC1CC(C)N(C)CC1C. The van der Waals surface area contributed by atoms with E-state index in [0.717, 1.165) is 23.9 Å². The van der Waals surface area contributed by atoms with Crippen molar-refractivity contribution in [3.05, 3.63) is 0 Å². The third-order valence-electron chi connectivity index (χ3n) is 5.15. The van der Waals surface area contributed by atoms with Gasteiger partial charge in [-0.25, -0.2) is 0 Å². The fraction of sp³-hybridized carbons (Fsp3) is 1.00. The summed E-state index contributed by atoms with van der Waals surface area (Å²) < 4.78 is 0. The molecule has 0 bridgehead atoms. The highest BCUT2D eigenvalue weighted by Gasteiger charge is 2.32. The van der Waals surface area contributed by atoms with Gasteiger partial charge in [0.2, 0.25) is 0 Å². The molecule has 18 heavy (non-hydrogen) atoms. The summed E-state index contributed by atoms with van der Waals surface area (Å²) in [5.41, 5.74) is 0. The van der Waals surface area contributed by atoms with E-state index in [0.29, 0.717) is 6.04 Å². The van der Waals surface area contributed by atoms with Crippen molar-refractivity contribution in [3.63, 3.8) is 0 Å². The molecule has 2 aliphatic rings. The van der Waals surface area contributed by atoms with E-state index in [9.17, 15) is 0 Å². The van der Waals surface area contributed by atoms with Gasteiger partial charge in [-0.15, -0.1) is 0 Å². The van der Waals surface area contributed by atoms with E-state index in [1.54, 1.807) is 0 Å². The monoisotopic (exact) mass is 253 g/mol. The standard InChI is InChI=1S/C15H31N3/c1-11-9-17(4)7-6-14(11)16-15-8-13(3)18(5)10-12(15)2/h11-16H,6-10H2,1-5H3. The molecule has 2 fully saturated rings. The molecule has 106 valence electrons. The number of nitrogens with zero attached hydrogens (tertiary/aromatic N) is 2. The van der Waals surface area contributed by atoms with E-state index in [4.69, 9.17) is 0 Å². The molecule has 0 aliphatic carbocycles. The molecule has 0 aromatic heterocycles. The molecule has 3 heteroatoms. The Labute approximate surface area is 113 Å². The summed E-state index contributed by atoms with van der Waals surface area (Å²) in [4.78, 5) is 4.96. The number of nitrogens with one attached hydrogen (secondary N) is 1. The number of likely N-dealkylation sites (tertiary alicyclic amines) is 2. The van der Waals surface area contributed by atoms with Crippen molar-refractivity contribution in [1.29, 1.82) is 0 Å². The van der Waals surface area contributed by atoms with Crippen LogP contribution in [0.1, 0.15) is 33.6 Å². The third-order valence-corrected chi connectivity index (χ3v) is 5.15.